The van der Waals surface area contributed by atoms with Gasteiger partial charge in [-0.15, -0.1) is 16.9 Å². The highest BCUT2D eigenvalue weighted by molar-refractivity contribution is 7.99. The van der Waals surface area contributed by atoms with Crippen molar-refractivity contribution in [2.45, 2.75) is 50.2 Å². The van der Waals surface area contributed by atoms with E-state index in [-0.39, 0.29) is 17.6 Å². The molecule has 120 valence electrons. The highest BCUT2D eigenvalue weighted by atomic mass is 32.2. The summed E-state index contributed by atoms with van der Waals surface area (Å²) in [5.41, 5.74) is 0.641. The molecule has 1 N–H and O–H groups in total. The van der Waals surface area contributed by atoms with Crippen molar-refractivity contribution in [3.63, 3.8) is 0 Å². The van der Waals surface area contributed by atoms with Crippen LogP contribution in [-0.4, -0.2) is 39.4 Å². The molecule has 1 aromatic heterocycles. The lowest BCUT2D eigenvalue weighted by molar-refractivity contribution is 0.328. The molecule has 0 spiro atoms. The molecule has 0 amide bonds. The molecule has 0 bridgehead atoms. The minimum atomic E-state index is -0.122. The third-order valence-electron chi connectivity index (χ3n) is 3.94. The summed E-state index contributed by atoms with van der Waals surface area (Å²) in [5.74, 6) is 1.61. The molecule has 1 fully saturated rings. The Morgan fingerprint density at radius 2 is 2.36 bits per heavy atom. The zero-order chi connectivity index (χ0) is 15.5. The fraction of sp³-hybridized carbons (Fsp3) is 0.769. The first-order valence-electron chi connectivity index (χ1n) is 7.54. The minimum absolute atomic E-state index is 0.0963. The molecule has 8 nitrogen and oxygen atoms in total. The first kappa shape index (κ1) is 15.3. The van der Waals surface area contributed by atoms with Crippen LogP contribution in [0.25, 0.3) is 5.88 Å². The Morgan fingerprint density at radius 3 is 3.05 bits per heavy atom. The summed E-state index contributed by atoms with van der Waals surface area (Å²) in [5, 5.41) is 15.5. The van der Waals surface area contributed by atoms with Gasteiger partial charge in [-0.1, -0.05) is 17.3 Å². The number of nitroso groups, excluding NO2 is 1. The summed E-state index contributed by atoms with van der Waals surface area (Å²) in [6.45, 7) is 2.14. The second-order valence-electron chi connectivity index (χ2n) is 5.46. The van der Waals surface area contributed by atoms with E-state index in [9.17, 15) is 4.91 Å². The molecule has 0 radical (unpaired) electrons. The Bertz CT molecular complexity index is 660. The van der Waals surface area contributed by atoms with Crippen molar-refractivity contribution in [2.75, 3.05) is 12.9 Å². The van der Waals surface area contributed by atoms with Gasteiger partial charge in [0.1, 0.15) is 0 Å². The van der Waals surface area contributed by atoms with Crippen LogP contribution >= 0.6 is 11.8 Å². The van der Waals surface area contributed by atoms with Crippen molar-refractivity contribution in [1.29, 1.82) is 0 Å². The first-order chi connectivity index (χ1) is 10.8. The number of aromatic nitrogens is 3. The Kier molecular flexibility index (Phi) is 4.60. The van der Waals surface area contributed by atoms with Crippen LogP contribution in [0.15, 0.2) is 10.2 Å². The number of ether oxygens (including phenoxy) is 1. The zero-order valence-corrected chi connectivity index (χ0v) is 13.5. The van der Waals surface area contributed by atoms with Crippen LogP contribution in [0, 0.1) is 4.91 Å². The van der Waals surface area contributed by atoms with Crippen LogP contribution in [0.2, 0.25) is 0 Å². The summed E-state index contributed by atoms with van der Waals surface area (Å²) < 4.78 is 7.23. The predicted molar refractivity (Wildman–Crippen MR) is 83.4 cm³/mol. The van der Waals surface area contributed by atoms with Gasteiger partial charge in [-0.2, -0.15) is 4.91 Å². The summed E-state index contributed by atoms with van der Waals surface area (Å²) in [6, 6.07) is 0.0124. The average Bonchev–Trinajstić information content (AvgIpc) is 3.18. The lowest BCUT2D eigenvalue weighted by Gasteiger charge is -2.19. The van der Waals surface area contributed by atoms with E-state index in [0.29, 0.717) is 17.7 Å². The fourth-order valence-electron chi connectivity index (χ4n) is 2.84. The van der Waals surface area contributed by atoms with Crippen LogP contribution in [0.3, 0.4) is 0 Å². The lowest BCUT2D eigenvalue weighted by atomic mass is 10.2. The third kappa shape index (κ3) is 2.81. The first-order valence-corrected chi connectivity index (χ1v) is 8.59. The van der Waals surface area contributed by atoms with Gasteiger partial charge in [0.05, 0.1) is 19.2 Å². The van der Waals surface area contributed by atoms with E-state index in [1.165, 1.54) is 0 Å². The standard InChI is InChI=1S/C13H20N6O2S/c1-3-6-22-13-14-11-10(12(15-13)21-2)16-18-19(11)9-5-4-8(7-9)17-20/h8-9,13,15H,3-7H2,1-2H3/t8-,9+,13?/m1/s1. The van der Waals surface area contributed by atoms with Crippen molar-refractivity contribution >= 4 is 17.6 Å². The molecule has 0 aromatic carbocycles. The van der Waals surface area contributed by atoms with Gasteiger partial charge in [0, 0.05) is 0 Å². The Labute approximate surface area is 132 Å². The lowest BCUT2D eigenvalue weighted by Crippen LogP contribution is -2.45. The smallest absolute Gasteiger partial charge is 0.221 e. The van der Waals surface area contributed by atoms with Gasteiger partial charge in [-0.3, -0.25) is 0 Å². The summed E-state index contributed by atoms with van der Waals surface area (Å²) >= 11 is 1.72. The van der Waals surface area contributed by atoms with Crippen LogP contribution < -0.4 is 16.2 Å². The van der Waals surface area contributed by atoms with Gasteiger partial charge >= 0.3 is 0 Å². The fourth-order valence-corrected chi connectivity index (χ4v) is 3.67. The molecule has 2 heterocycles. The number of nitrogens with one attached hydrogen (secondary N) is 1. The number of hydrogen-bond donors (Lipinski definition) is 1. The number of rotatable bonds is 6. The van der Waals surface area contributed by atoms with Crippen molar-refractivity contribution in [3.8, 4) is 0 Å². The van der Waals surface area contributed by atoms with Crippen molar-refractivity contribution < 1.29 is 4.74 Å². The minimum Gasteiger partial charge on any atom is -0.481 e. The molecular formula is C13H20N6O2S. The number of nitrogens with zero attached hydrogens (tertiary/aromatic N) is 5. The van der Waals surface area contributed by atoms with E-state index in [2.05, 4.69) is 27.7 Å². The quantitative estimate of drug-likeness (QED) is 0.766. The van der Waals surface area contributed by atoms with Crippen LogP contribution in [0.5, 0.6) is 0 Å². The van der Waals surface area contributed by atoms with Crippen molar-refractivity contribution in [2.24, 2.45) is 10.2 Å². The molecule has 1 aromatic rings. The number of methoxy groups -OCH3 is 1. The number of hydrogen-bond acceptors (Lipinski definition) is 8. The van der Waals surface area contributed by atoms with Crippen molar-refractivity contribution in [3.05, 3.63) is 15.7 Å². The highest BCUT2D eigenvalue weighted by Gasteiger charge is 2.30. The molecule has 0 saturated heterocycles. The summed E-state index contributed by atoms with van der Waals surface area (Å²) in [4.78, 5) is 15.4. The van der Waals surface area contributed by atoms with Gasteiger partial charge in [-0.05, 0) is 31.4 Å². The summed E-state index contributed by atoms with van der Waals surface area (Å²) in [7, 11) is 1.61. The maximum Gasteiger partial charge on any atom is 0.221 e. The number of fused-ring (bicyclic) bond motifs is 1. The molecule has 3 rings (SSSR count). The van der Waals surface area contributed by atoms with Crippen LogP contribution in [-0.2, 0) is 4.74 Å². The molecule has 1 aliphatic heterocycles. The average molecular weight is 324 g/mol. The number of thioether (sulfide) groups is 1. The Morgan fingerprint density at radius 1 is 1.50 bits per heavy atom. The molecule has 1 saturated carbocycles. The largest absolute Gasteiger partial charge is 0.481 e. The molecule has 1 unspecified atom stereocenters. The Balaban J connectivity index is 1.95. The van der Waals surface area contributed by atoms with Crippen LogP contribution in [0.1, 0.15) is 38.6 Å². The van der Waals surface area contributed by atoms with E-state index in [1.54, 1.807) is 18.9 Å². The second-order valence-corrected chi connectivity index (χ2v) is 6.65. The molecule has 22 heavy (non-hydrogen) atoms. The maximum absolute atomic E-state index is 10.7. The third-order valence-corrected chi connectivity index (χ3v) is 5.12. The SMILES string of the molecule is CCCSC1N=c2c(nnn2[C@H]2CC[C@@H](N=O)C2)=C(OC)N1. The molecule has 2 aliphatic rings. The van der Waals surface area contributed by atoms with E-state index in [1.807, 2.05) is 4.68 Å². The Hall–Kier alpha value is -1.64. The topological polar surface area (TPSA) is 93.8 Å². The monoisotopic (exact) mass is 324 g/mol. The van der Waals surface area contributed by atoms with Crippen molar-refractivity contribution in [1.82, 2.24) is 20.3 Å². The van der Waals surface area contributed by atoms with E-state index in [0.717, 1.165) is 30.5 Å². The molecule has 1 aliphatic carbocycles. The highest BCUT2D eigenvalue weighted by Crippen LogP contribution is 2.30. The van der Waals surface area contributed by atoms with Gasteiger partial charge in [0.15, 0.2) is 16.3 Å². The van der Waals surface area contributed by atoms with Gasteiger partial charge in [0.25, 0.3) is 0 Å². The van der Waals surface area contributed by atoms with Gasteiger partial charge in [0.2, 0.25) is 5.88 Å². The molecule has 3 atom stereocenters. The van der Waals surface area contributed by atoms with E-state index >= 15 is 0 Å². The predicted octanol–water partition coefficient (Wildman–Crippen LogP) is 0.500. The van der Waals surface area contributed by atoms with E-state index < -0.39 is 0 Å². The van der Waals surface area contributed by atoms with E-state index in [4.69, 9.17) is 9.73 Å². The zero-order valence-electron chi connectivity index (χ0n) is 12.7. The maximum atomic E-state index is 10.7. The second kappa shape index (κ2) is 6.64. The van der Waals surface area contributed by atoms with Gasteiger partial charge in [-0.25, -0.2) is 9.67 Å². The van der Waals surface area contributed by atoms with Crippen LogP contribution in [0.4, 0.5) is 0 Å². The normalized spacial score (nSPS) is 27.0. The molecular weight excluding hydrogens is 304 g/mol. The molecule has 9 heteroatoms. The van der Waals surface area contributed by atoms with Gasteiger partial charge < -0.3 is 10.1 Å². The summed E-state index contributed by atoms with van der Waals surface area (Å²) in [6.07, 6.45) is 3.47.